The molecule has 9 nitrogen and oxygen atoms in total. The minimum atomic E-state index is -0.994. The highest BCUT2D eigenvalue weighted by Gasteiger charge is 2.21. The number of nitrogens with one attached hydrogen (secondary N) is 2. The highest BCUT2D eigenvalue weighted by Crippen LogP contribution is 2.26. The van der Waals surface area contributed by atoms with Gasteiger partial charge >= 0.3 is 5.97 Å². The summed E-state index contributed by atoms with van der Waals surface area (Å²) < 4.78 is 32.9. The molecule has 1 atom stereocenters. The topological polar surface area (TPSA) is 112 Å². The zero-order chi connectivity index (χ0) is 31.4. The van der Waals surface area contributed by atoms with Crippen LogP contribution in [0.5, 0.6) is 5.75 Å². The second kappa shape index (κ2) is 15.9. The van der Waals surface area contributed by atoms with E-state index in [9.17, 15) is 18.7 Å². The SMILES string of the molecule is O=C(O)[C@H](CCN(CCCCc1ccc2c(n1)NCCC2)CCOc1cc(F)cc(F)c1)Nc1ncncc1-c1ccccc1. The molecule has 2 aromatic heterocycles. The van der Waals surface area contributed by atoms with Gasteiger partial charge in [-0.1, -0.05) is 36.4 Å². The zero-order valence-corrected chi connectivity index (χ0v) is 25.1. The number of rotatable bonds is 16. The van der Waals surface area contributed by atoms with Crippen molar-refractivity contribution >= 4 is 17.6 Å². The quantitative estimate of drug-likeness (QED) is 0.134. The number of fused-ring (bicyclic) bond motifs is 1. The second-order valence-electron chi connectivity index (χ2n) is 11.1. The number of aliphatic carboxylic acids is 1. The summed E-state index contributed by atoms with van der Waals surface area (Å²) in [6, 6.07) is 16.0. The van der Waals surface area contributed by atoms with E-state index in [0.29, 0.717) is 37.4 Å². The Bertz CT molecular complexity index is 1540. The lowest BCUT2D eigenvalue weighted by molar-refractivity contribution is -0.138. The number of unbranched alkanes of at least 4 members (excludes halogenated alkanes) is 1. The van der Waals surface area contributed by atoms with Gasteiger partial charge in [0.05, 0.1) is 0 Å². The second-order valence-corrected chi connectivity index (χ2v) is 11.1. The normalized spacial score (nSPS) is 13.1. The largest absolute Gasteiger partial charge is 0.492 e. The number of carboxylic acids is 1. The van der Waals surface area contributed by atoms with Gasteiger partial charge in [0.15, 0.2) is 0 Å². The molecule has 1 aliphatic heterocycles. The fraction of sp³-hybridized carbons (Fsp3) is 0.353. The summed E-state index contributed by atoms with van der Waals surface area (Å²) in [7, 11) is 0. The Morgan fingerprint density at radius 1 is 1.04 bits per heavy atom. The van der Waals surface area contributed by atoms with E-state index in [4.69, 9.17) is 9.72 Å². The first-order valence-corrected chi connectivity index (χ1v) is 15.3. The van der Waals surface area contributed by atoms with Crippen LogP contribution >= 0.6 is 0 Å². The van der Waals surface area contributed by atoms with Crippen LogP contribution in [-0.2, 0) is 17.6 Å². The highest BCUT2D eigenvalue weighted by molar-refractivity contribution is 5.81. The Kier molecular flexibility index (Phi) is 11.2. The van der Waals surface area contributed by atoms with Crippen molar-refractivity contribution in [1.82, 2.24) is 19.9 Å². The van der Waals surface area contributed by atoms with Gasteiger partial charge in [0.2, 0.25) is 0 Å². The molecule has 45 heavy (non-hydrogen) atoms. The standard InChI is InChI=1S/C34H38F2N6O3/c35-26-19-27(36)21-29(20-26)45-18-17-42(15-5-4-10-28-12-11-25-9-6-14-38-32(25)40-28)16-13-31(34(43)44)41-33-30(22-37-23-39-33)24-7-2-1-3-8-24/h1-3,7-8,11-12,19-23,31H,4-6,9-10,13-18H2,(H,38,40)(H,43,44)(H,37,39,41)/t31-/m0/s1. The molecule has 0 aliphatic carbocycles. The number of carbonyl (C=O) groups is 1. The summed E-state index contributed by atoms with van der Waals surface area (Å²) in [5, 5.41) is 16.6. The van der Waals surface area contributed by atoms with Crippen LogP contribution in [0.15, 0.2) is 73.2 Å². The molecule has 236 valence electrons. The summed E-state index contributed by atoms with van der Waals surface area (Å²) in [4.78, 5) is 27.7. The molecule has 0 saturated carbocycles. The van der Waals surface area contributed by atoms with Crippen molar-refractivity contribution in [3.05, 3.63) is 96.1 Å². The molecule has 0 radical (unpaired) electrons. The van der Waals surface area contributed by atoms with Crippen molar-refractivity contribution in [3.63, 3.8) is 0 Å². The number of halogens is 2. The summed E-state index contributed by atoms with van der Waals surface area (Å²) >= 11 is 0. The summed E-state index contributed by atoms with van der Waals surface area (Å²) in [6.45, 7) is 2.74. The smallest absolute Gasteiger partial charge is 0.326 e. The monoisotopic (exact) mass is 616 g/mol. The van der Waals surface area contributed by atoms with Crippen molar-refractivity contribution in [1.29, 1.82) is 0 Å². The molecule has 2 aromatic carbocycles. The first kappa shape index (κ1) is 31.8. The Hall–Kier alpha value is -4.64. The number of hydrogen-bond donors (Lipinski definition) is 3. The number of benzene rings is 2. The summed E-state index contributed by atoms with van der Waals surface area (Å²) in [6.07, 6.45) is 8.10. The van der Waals surface area contributed by atoms with Crippen LogP contribution in [0, 0.1) is 11.6 Å². The lowest BCUT2D eigenvalue weighted by Gasteiger charge is -2.25. The predicted octanol–water partition coefficient (Wildman–Crippen LogP) is 5.83. The van der Waals surface area contributed by atoms with Gasteiger partial charge in [0.1, 0.15) is 48.0 Å². The number of pyridine rings is 1. The van der Waals surface area contributed by atoms with Gasteiger partial charge in [0.25, 0.3) is 0 Å². The lowest BCUT2D eigenvalue weighted by Crippen LogP contribution is -2.37. The molecular formula is C34H38F2N6O3. The van der Waals surface area contributed by atoms with E-state index in [0.717, 1.165) is 73.9 Å². The molecule has 4 aromatic rings. The molecular weight excluding hydrogens is 578 g/mol. The molecule has 0 fully saturated rings. The molecule has 0 bridgehead atoms. The van der Waals surface area contributed by atoms with Crippen molar-refractivity contribution in [2.24, 2.45) is 0 Å². The van der Waals surface area contributed by atoms with Gasteiger partial charge in [-0.25, -0.2) is 28.5 Å². The van der Waals surface area contributed by atoms with E-state index < -0.39 is 23.6 Å². The Morgan fingerprint density at radius 2 is 1.87 bits per heavy atom. The van der Waals surface area contributed by atoms with Gasteiger partial charge < -0.3 is 20.5 Å². The molecule has 0 amide bonds. The first-order chi connectivity index (χ1) is 21.9. The average molecular weight is 617 g/mol. The van der Waals surface area contributed by atoms with Crippen molar-refractivity contribution < 1.29 is 23.4 Å². The minimum absolute atomic E-state index is 0.113. The van der Waals surface area contributed by atoms with E-state index in [1.807, 2.05) is 30.3 Å². The predicted molar refractivity (Wildman–Crippen MR) is 169 cm³/mol. The molecule has 0 saturated heterocycles. The number of ether oxygens (including phenoxy) is 1. The van der Waals surface area contributed by atoms with Crippen LogP contribution in [0.4, 0.5) is 20.4 Å². The van der Waals surface area contributed by atoms with Crippen molar-refractivity contribution in [2.75, 3.05) is 43.4 Å². The number of aryl methyl sites for hydroxylation is 2. The Labute approximate surface area is 261 Å². The molecule has 1 aliphatic rings. The molecule has 11 heteroatoms. The summed E-state index contributed by atoms with van der Waals surface area (Å²) in [5.41, 5.74) is 3.89. The molecule has 3 N–H and O–H groups in total. The van der Waals surface area contributed by atoms with E-state index in [1.54, 1.807) is 6.20 Å². The maximum atomic E-state index is 13.6. The Morgan fingerprint density at radius 3 is 2.67 bits per heavy atom. The van der Waals surface area contributed by atoms with Crippen LogP contribution in [0.3, 0.4) is 0 Å². The van der Waals surface area contributed by atoms with E-state index in [2.05, 4.69) is 37.6 Å². The van der Waals surface area contributed by atoms with Gasteiger partial charge in [-0.05, 0) is 62.3 Å². The fourth-order valence-electron chi connectivity index (χ4n) is 5.40. The van der Waals surface area contributed by atoms with Crippen molar-refractivity contribution in [2.45, 2.75) is 44.6 Å². The number of nitrogens with zero attached hydrogens (tertiary/aromatic N) is 4. The molecule has 5 rings (SSSR count). The van der Waals surface area contributed by atoms with Crippen LogP contribution in [-0.4, -0.2) is 69.8 Å². The number of aromatic nitrogens is 3. The van der Waals surface area contributed by atoms with Crippen LogP contribution < -0.4 is 15.4 Å². The highest BCUT2D eigenvalue weighted by atomic mass is 19.1. The van der Waals surface area contributed by atoms with E-state index in [1.165, 1.54) is 11.9 Å². The van der Waals surface area contributed by atoms with Gasteiger partial charge in [-0.3, -0.25) is 4.90 Å². The van der Waals surface area contributed by atoms with Gasteiger partial charge in [-0.15, -0.1) is 0 Å². The van der Waals surface area contributed by atoms with E-state index >= 15 is 0 Å². The van der Waals surface area contributed by atoms with Crippen molar-refractivity contribution in [3.8, 4) is 16.9 Å². The fourth-order valence-corrected chi connectivity index (χ4v) is 5.40. The first-order valence-electron chi connectivity index (χ1n) is 15.3. The summed E-state index contributed by atoms with van der Waals surface area (Å²) in [5.74, 6) is -0.866. The third kappa shape index (κ3) is 9.42. The third-order valence-electron chi connectivity index (χ3n) is 7.76. The van der Waals surface area contributed by atoms with Crippen LogP contribution in [0.2, 0.25) is 0 Å². The van der Waals surface area contributed by atoms with Gasteiger partial charge in [-0.2, -0.15) is 0 Å². The zero-order valence-electron chi connectivity index (χ0n) is 25.1. The maximum Gasteiger partial charge on any atom is 0.326 e. The average Bonchev–Trinajstić information content (AvgIpc) is 3.04. The van der Waals surface area contributed by atoms with Crippen LogP contribution in [0.1, 0.15) is 36.9 Å². The third-order valence-corrected chi connectivity index (χ3v) is 7.76. The minimum Gasteiger partial charge on any atom is -0.492 e. The number of anilines is 2. The maximum absolute atomic E-state index is 13.6. The Balaban J connectivity index is 1.20. The van der Waals surface area contributed by atoms with Crippen LogP contribution in [0.25, 0.3) is 11.1 Å². The lowest BCUT2D eigenvalue weighted by atomic mass is 10.1. The molecule has 0 spiro atoms. The number of carboxylic acid groups (broad SMARTS) is 1. The number of hydrogen-bond acceptors (Lipinski definition) is 8. The molecule has 0 unspecified atom stereocenters. The van der Waals surface area contributed by atoms with Gasteiger partial charge in [0, 0.05) is 55.3 Å². The van der Waals surface area contributed by atoms with E-state index in [-0.39, 0.29) is 12.4 Å². The molecule has 3 heterocycles.